The maximum Gasteiger partial charge on any atom is 0.221 e. The Kier molecular flexibility index (Phi) is 5.05. The molecule has 1 amide bonds. The fourth-order valence-electron chi connectivity index (χ4n) is 1.84. The topological polar surface area (TPSA) is 61.4 Å². The molecule has 0 aliphatic carbocycles. The van der Waals surface area contributed by atoms with E-state index in [4.69, 9.17) is 5.11 Å². The van der Waals surface area contributed by atoms with Crippen molar-refractivity contribution < 1.29 is 9.90 Å². The van der Waals surface area contributed by atoms with Gasteiger partial charge in [0.05, 0.1) is 12.6 Å². The van der Waals surface area contributed by atoms with Gasteiger partial charge in [-0.05, 0) is 25.3 Å². The summed E-state index contributed by atoms with van der Waals surface area (Å²) < 4.78 is 0. The summed E-state index contributed by atoms with van der Waals surface area (Å²) in [5.41, 5.74) is 0. The highest BCUT2D eigenvalue weighted by molar-refractivity contribution is 5.77. The maximum absolute atomic E-state index is 11.6. The number of hydrogen-bond donors (Lipinski definition) is 3. The molecular formula is C11H22N2O2. The van der Waals surface area contributed by atoms with Gasteiger partial charge in [-0.25, -0.2) is 0 Å². The van der Waals surface area contributed by atoms with Crippen molar-refractivity contribution in [1.29, 1.82) is 0 Å². The van der Waals surface area contributed by atoms with Gasteiger partial charge in [-0.1, -0.05) is 13.8 Å². The van der Waals surface area contributed by atoms with Crippen LogP contribution in [0.3, 0.4) is 0 Å². The van der Waals surface area contributed by atoms with E-state index in [-0.39, 0.29) is 24.5 Å². The molecule has 0 saturated carbocycles. The van der Waals surface area contributed by atoms with Crippen LogP contribution in [0.1, 0.15) is 33.1 Å². The first-order valence-electron chi connectivity index (χ1n) is 5.77. The highest BCUT2D eigenvalue weighted by Crippen LogP contribution is 2.09. The zero-order valence-corrected chi connectivity index (χ0v) is 9.62. The van der Waals surface area contributed by atoms with Gasteiger partial charge in [0.25, 0.3) is 0 Å². The third-order valence-corrected chi connectivity index (χ3v) is 2.94. The van der Waals surface area contributed by atoms with E-state index in [0.717, 1.165) is 19.4 Å². The van der Waals surface area contributed by atoms with Gasteiger partial charge in [-0.3, -0.25) is 4.79 Å². The quantitative estimate of drug-likeness (QED) is 0.615. The molecule has 1 aliphatic heterocycles. The SMILES string of the molecule is CC(C)[C@@H](CO)NC(=O)CC1CCCN1. The zero-order valence-electron chi connectivity index (χ0n) is 9.62. The second-order valence-corrected chi connectivity index (χ2v) is 4.60. The Morgan fingerprint density at radius 2 is 2.33 bits per heavy atom. The predicted molar refractivity (Wildman–Crippen MR) is 59.5 cm³/mol. The van der Waals surface area contributed by atoms with Crippen molar-refractivity contribution in [3.63, 3.8) is 0 Å². The number of amides is 1. The third-order valence-electron chi connectivity index (χ3n) is 2.94. The van der Waals surface area contributed by atoms with Gasteiger partial charge >= 0.3 is 0 Å². The fraction of sp³-hybridized carbons (Fsp3) is 0.909. The Bertz CT molecular complexity index is 201. The number of nitrogens with one attached hydrogen (secondary N) is 2. The molecule has 0 radical (unpaired) electrons. The van der Waals surface area contributed by atoms with Gasteiger partial charge in [-0.15, -0.1) is 0 Å². The van der Waals surface area contributed by atoms with Crippen LogP contribution >= 0.6 is 0 Å². The molecule has 1 heterocycles. The molecule has 1 unspecified atom stereocenters. The van der Waals surface area contributed by atoms with E-state index in [1.165, 1.54) is 0 Å². The summed E-state index contributed by atoms with van der Waals surface area (Å²) in [4.78, 5) is 11.6. The molecule has 88 valence electrons. The Labute approximate surface area is 91.4 Å². The van der Waals surface area contributed by atoms with Crippen LogP contribution in [-0.2, 0) is 4.79 Å². The van der Waals surface area contributed by atoms with E-state index in [0.29, 0.717) is 12.5 Å². The normalized spacial score (nSPS) is 23.1. The molecule has 0 aromatic carbocycles. The van der Waals surface area contributed by atoms with E-state index in [2.05, 4.69) is 10.6 Å². The molecule has 1 fully saturated rings. The first kappa shape index (κ1) is 12.5. The molecule has 1 aliphatic rings. The third kappa shape index (κ3) is 4.18. The van der Waals surface area contributed by atoms with E-state index >= 15 is 0 Å². The number of aliphatic hydroxyl groups excluding tert-OH is 1. The molecule has 1 saturated heterocycles. The lowest BCUT2D eigenvalue weighted by Gasteiger charge is -2.21. The minimum atomic E-state index is -0.112. The molecule has 0 aromatic heterocycles. The largest absolute Gasteiger partial charge is 0.394 e. The van der Waals surface area contributed by atoms with Crippen LogP contribution in [0.15, 0.2) is 0 Å². The molecular weight excluding hydrogens is 192 g/mol. The standard InChI is InChI=1S/C11H22N2O2/c1-8(2)10(7-14)13-11(15)6-9-4-3-5-12-9/h8-10,12,14H,3-7H2,1-2H3,(H,13,15)/t9?,10-/m1/s1. The van der Waals surface area contributed by atoms with Crippen molar-refractivity contribution in [3.8, 4) is 0 Å². The monoisotopic (exact) mass is 214 g/mol. The first-order valence-corrected chi connectivity index (χ1v) is 5.77. The smallest absolute Gasteiger partial charge is 0.221 e. The van der Waals surface area contributed by atoms with Crippen molar-refractivity contribution >= 4 is 5.91 Å². The molecule has 4 heteroatoms. The van der Waals surface area contributed by atoms with Crippen LogP contribution in [0.25, 0.3) is 0 Å². The first-order chi connectivity index (χ1) is 7.13. The molecule has 0 spiro atoms. The summed E-state index contributed by atoms with van der Waals surface area (Å²) >= 11 is 0. The van der Waals surface area contributed by atoms with E-state index in [9.17, 15) is 4.79 Å². The van der Waals surface area contributed by atoms with Crippen LogP contribution in [0.2, 0.25) is 0 Å². The molecule has 1 rings (SSSR count). The van der Waals surface area contributed by atoms with Gasteiger partial charge in [0.15, 0.2) is 0 Å². The van der Waals surface area contributed by atoms with Crippen molar-refractivity contribution in [1.82, 2.24) is 10.6 Å². The Morgan fingerprint density at radius 1 is 1.60 bits per heavy atom. The number of hydrogen-bond acceptors (Lipinski definition) is 3. The van der Waals surface area contributed by atoms with Crippen LogP contribution in [0, 0.1) is 5.92 Å². The fourth-order valence-corrected chi connectivity index (χ4v) is 1.84. The maximum atomic E-state index is 11.6. The van der Waals surface area contributed by atoms with Gasteiger partial charge < -0.3 is 15.7 Å². The lowest BCUT2D eigenvalue weighted by atomic mass is 10.0. The van der Waals surface area contributed by atoms with Gasteiger partial charge in [0, 0.05) is 12.5 Å². The Balaban J connectivity index is 2.27. The van der Waals surface area contributed by atoms with Crippen molar-refractivity contribution in [2.75, 3.05) is 13.2 Å². The van der Waals surface area contributed by atoms with E-state index < -0.39 is 0 Å². The van der Waals surface area contributed by atoms with Crippen LogP contribution < -0.4 is 10.6 Å². The minimum Gasteiger partial charge on any atom is -0.394 e. The molecule has 2 atom stereocenters. The van der Waals surface area contributed by atoms with Crippen LogP contribution in [0.4, 0.5) is 0 Å². The van der Waals surface area contributed by atoms with Gasteiger partial charge in [0.2, 0.25) is 5.91 Å². The van der Waals surface area contributed by atoms with E-state index in [1.807, 2.05) is 13.8 Å². The Hall–Kier alpha value is -0.610. The van der Waals surface area contributed by atoms with Crippen LogP contribution in [-0.4, -0.2) is 36.2 Å². The summed E-state index contributed by atoms with van der Waals surface area (Å²) in [6.45, 7) is 5.02. The second kappa shape index (κ2) is 6.08. The van der Waals surface area contributed by atoms with Gasteiger partial charge in [-0.2, -0.15) is 0 Å². The average Bonchev–Trinajstić information content (AvgIpc) is 2.66. The number of carbonyl (C=O) groups excluding carboxylic acids is 1. The highest BCUT2D eigenvalue weighted by Gasteiger charge is 2.20. The summed E-state index contributed by atoms with van der Waals surface area (Å²) in [6.07, 6.45) is 2.77. The van der Waals surface area contributed by atoms with Gasteiger partial charge in [0.1, 0.15) is 0 Å². The molecule has 3 N–H and O–H groups in total. The highest BCUT2D eigenvalue weighted by atomic mass is 16.3. The lowest BCUT2D eigenvalue weighted by Crippen LogP contribution is -2.43. The molecule has 0 aromatic rings. The van der Waals surface area contributed by atoms with E-state index in [1.54, 1.807) is 0 Å². The average molecular weight is 214 g/mol. The van der Waals surface area contributed by atoms with Crippen molar-refractivity contribution in [2.24, 2.45) is 5.92 Å². The predicted octanol–water partition coefficient (Wildman–Crippen LogP) is 0.262. The molecule has 15 heavy (non-hydrogen) atoms. The zero-order chi connectivity index (χ0) is 11.3. The summed E-state index contributed by atoms with van der Waals surface area (Å²) in [7, 11) is 0. The molecule has 0 bridgehead atoms. The minimum absolute atomic E-state index is 0.0154. The lowest BCUT2D eigenvalue weighted by molar-refractivity contribution is -0.122. The number of aliphatic hydroxyl groups is 1. The number of rotatable bonds is 5. The summed E-state index contributed by atoms with van der Waals surface area (Å²) in [5, 5.41) is 15.2. The number of carbonyl (C=O) groups is 1. The van der Waals surface area contributed by atoms with Crippen molar-refractivity contribution in [3.05, 3.63) is 0 Å². The molecule has 4 nitrogen and oxygen atoms in total. The van der Waals surface area contributed by atoms with Crippen molar-refractivity contribution in [2.45, 2.75) is 45.2 Å². The summed E-state index contributed by atoms with van der Waals surface area (Å²) in [6, 6.07) is 0.218. The summed E-state index contributed by atoms with van der Waals surface area (Å²) in [5.74, 6) is 0.317. The Morgan fingerprint density at radius 3 is 2.80 bits per heavy atom. The second-order valence-electron chi connectivity index (χ2n) is 4.60. The van der Waals surface area contributed by atoms with Crippen LogP contribution in [0.5, 0.6) is 0 Å².